The van der Waals surface area contributed by atoms with E-state index < -0.39 is 0 Å². The lowest BCUT2D eigenvalue weighted by Gasteiger charge is -2.18. The second-order valence-corrected chi connectivity index (χ2v) is 8.27. The van der Waals surface area contributed by atoms with Crippen LogP contribution in [0.1, 0.15) is 54.0 Å². The Labute approximate surface area is 193 Å². The van der Waals surface area contributed by atoms with Gasteiger partial charge in [-0.3, -0.25) is 9.78 Å². The summed E-state index contributed by atoms with van der Waals surface area (Å²) in [6, 6.07) is 7.79. The molecule has 0 saturated heterocycles. The van der Waals surface area contributed by atoms with Gasteiger partial charge in [-0.25, -0.2) is 0 Å². The van der Waals surface area contributed by atoms with Crippen molar-refractivity contribution >= 4 is 5.91 Å². The van der Waals surface area contributed by atoms with Gasteiger partial charge < -0.3 is 24.6 Å². The van der Waals surface area contributed by atoms with Crippen molar-refractivity contribution in [3.05, 3.63) is 46.8 Å². The second-order valence-electron chi connectivity index (χ2n) is 8.27. The van der Waals surface area contributed by atoms with Crippen LogP contribution in [0.3, 0.4) is 0 Å². The largest absolute Gasteiger partial charge is 0.496 e. The number of nitrogens with zero attached hydrogens (tertiary/aromatic N) is 2. The Balaban J connectivity index is 1.95. The molecule has 0 atom stereocenters. The number of ether oxygens (including phenoxy) is 2. The summed E-state index contributed by atoms with van der Waals surface area (Å²) in [6.07, 6.45) is 0.823. The maximum Gasteiger partial charge on any atom is 0.274 e. The number of hydrogen-bond acceptors (Lipinski definition) is 7. The zero-order valence-electron chi connectivity index (χ0n) is 19.7. The third-order valence-corrected chi connectivity index (χ3v) is 5.84. The van der Waals surface area contributed by atoms with Gasteiger partial charge in [0.05, 0.1) is 31.0 Å². The monoisotopic (exact) mass is 450 g/mol. The van der Waals surface area contributed by atoms with Crippen LogP contribution in [0.25, 0.3) is 22.6 Å². The third kappa shape index (κ3) is 4.30. The summed E-state index contributed by atoms with van der Waals surface area (Å²) in [5.41, 5.74) is 5.28. The molecule has 0 bridgehead atoms. The molecule has 1 aromatic carbocycles. The molecule has 174 valence electrons. The predicted molar refractivity (Wildman–Crippen MR) is 126 cm³/mol. The first-order chi connectivity index (χ1) is 16.0. The van der Waals surface area contributed by atoms with Gasteiger partial charge in [0.25, 0.3) is 5.91 Å². The molecule has 0 radical (unpaired) electrons. The minimum atomic E-state index is -0.305. The molecule has 2 N–H and O–H groups in total. The van der Waals surface area contributed by atoms with Gasteiger partial charge in [-0.05, 0) is 36.1 Å². The smallest absolute Gasteiger partial charge is 0.274 e. The molecule has 0 saturated carbocycles. The number of fused-ring (bicyclic) bond motifs is 1. The van der Waals surface area contributed by atoms with Crippen molar-refractivity contribution in [3.63, 3.8) is 0 Å². The van der Waals surface area contributed by atoms with E-state index in [9.17, 15) is 4.79 Å². The van der Waals surface area contributed by atoms with Crippen molar-refractivity contribution in [2.75, 3.05) is 27.3 Å². The van der Waals surface area contributed by atoms with Gasteiger partial charge in [-0.1, -0.05) is 25.1 Å². The minimum absolute atomic E-state index is 0.202. The maximum absolute atomic E-state index is 12.9. The van der Waals surface area contributed by atoms with Gasteiger partial charge in [0, 0.05) is 37.8 Å². The number of benzene rings is 1. The molecule has 4 rings (SSSR count). The first-order valence-corrected chi connectivity index (χ1v) is 11.2. The van der Waals surface area contributed by atoms with Gasteiger partial charge in [0.1, 0.15) is 11.5 Å². The molecule has 2 aromatic heterocycles. The molecule has 0 unspecified atom stereocenters. The SMILES string of the molecule is CCNC(=O)c1noc(-c2cc(C(C)C)c(OC)cc2OC)c1-c1ccc2c(n1)CCNC2. The minimum Gasteiger partial charge on any atom is -0.496 e. The lowest BCUT2D eigenvalue weighted by Crippen LogP contribution is -2.25. The number of pyridine rings is 1. The first-order valence-electron chi connectivity index (χ1n) is 11.2. The second kappa shape index (κ2) is 9.62. The van der Waals surface area contributed by atoms with Crippen LogP contribution in [0, 0.1) is 0 Å². The Kier molecular flexibility index (Phi) is 6.65. The summed E-state index contributed by atoms with van der Waals surface area (Å²) in [5, 5.41) is 10.3. The van der Waals surface area contributed by atoms with E-state index in [1.807, 2.05) is 31.2 Å². The molecular weight excluding hydrogens is 420 g/mol. The van der Waals surface area contributed by atoms with Crippen LogP contribution in [0.15, 0.2) is 28.8 Å². The number of rotatable bonds is 7. The number of carbonyl (C=O) groups excluding carboxylic acids is 1. The van der Waals surface area contributed by atoms with E-state index in [0.29, 0.717) is 34.9 Å². The standard InChI is InChI=1S/C25H30N4O4/c1-6-27-25(30)23-22(19-8-7-15-13-26-10-9-18(15)28-19)24(33-29-23)17-11-16(14(2)3)20(31-4)12-21(17)32-5/h7-8,11-12,14,26H,6,9-10,13H2,1-5H3,(H,27,30). The van der Waals surface area contributed by atoms with Crippen LogP contribution in [0.5, 0.6) is 11.5 Å². The molecule has 1 aliphatic heterocycles. The van der Waals surface area contributed by atoms with E-state index in [2.05, 4.69) is 29.6 Å². The molecule has 1 amide bonds. The molecule has 0 spiro atoms. The highest BCUT2D eigenvalue weighted by molar-refractivity contribution is 6.02. The summed E-state index contributed by atoms with van der Waals surface area (Å²) >= 11 is 0. The number of carbonyl (C=O) groups is 1. The lowest BCUT2D eigenvalue weighted by atomic mass is 9.95. The van der Waals surface area contributed by atoms with E-state index in [0.717, 1.165) is 42.1 Å². The van der Waals surface area contributed by atoms with Crippen molar-refractivity contribution in [2.24, 2.45) is 0 Å². The van der Waals surface area contributed by atoms with E-state index in [1.54, 1.807) is 14.2 Å². The maximum atomic E-state index is 12.9. The average molecular weight is 451 g/mol. The predicted octanol–water partition coefficient (Wildman–Crippen LogP) is 3.94. The highest BCUT2D eigenvalue weighted by Crippen LogP contribution is 2.43. The molecule has 8 heteroatoms. The summed E-state index contributed by atoms with van der Waals surface area (Å²) in [5.74, 6) is 1.64. The van der Waals surface area contributed by atoms with Crippen LogP contribution < -0.4 is 20.1 Å². The van der Waals surface area contributed by atoms with Crippen LogP contribution in [-0.2, 0) is 13.0 Å². The molecule has 1 aliphatic rings. The van der Waals surface area contributed by atoms with Gasteiger partial charge in [0.15, 0.2) is 11.5 Å². The molecular formula is C25H30N4O4. The van der Waals surface area contributed by atoms with Gasteiger partial charge in [-0.15, -0.1) is 0 Å². The van der Waals surface area contributed by atoms with Gasteiger partial charge in [-0.2, -0.15) is 0 Å². The van der Waals surface area contributed by atoms with Gasteiger partial charge in [0.2, 0.25) is 0 Å². The van der Waals surface area contributed by atoms with Crippen molar-refractivity contribution < 1.29 is 18.8 Å². The third-order valence-electron chi connectivity index (χ3n) is 5.84. The number of methoxy groups -OCH3 is 2. The molecule has 3 heterocycles. The highest BCUT2D eigenvalue weighted by Gasteiger charge is 2.29. The van der Waals surface area contributed by atoms with E-state index >= 15 is 0 Å². The Morgan fingerprint density at radius 3 is 2.70 bits per heavy atom. The number of hydrogen-bond donors (Lipinski definition) is 2. The molecule has 3 aromatic rings. The van der Waals surface area contributed by atoms with Crippen molar-refractivity contribution in [3.8, 4) is 34.1 Å². The van der Waals surface area contributed by atoms with E-state index in [4.69, 9.17) is 19.0 Å². The number of amides is 1. The van der Waals surface area contributed by atoms with Gasteiger partial charge >= 0.3 is 0 Å². The summed E-state index contributed by atoms with van der Waals surface area (Å²) in [7, 11) is 3.23. The zero-order chi connectivity index (χ0) is 23.5. The lowest BCUT2D eigenvalue weighted by molar-refractivity contribution is 0.0947. The van der Waals surface area contributed by atoms with Crippen molar-refractivity contribution in [1.29, 1.82) is 0 Å². The Morgan fingerprint density at radius 1 is 1.21 bits per heavy atom. The summed E-state index contributed by atoms with van der Waals surface area (Å²) in [6.45, 7) is 8.18. The summed E-state index contributed by atoms with van der Waals surface area (Å²) < 4.78 is 17.1. The van der Waals surface area contributed by atoms with Crippen LogP contribution >= 0.6 is 0 Å². The molecule has 0 fully saturated rings. The fraction of sp³-hybridized carbons (Fsp3) is 0.400. The topological polar surface area (TPSA) is 98.5 Å². The van der Waals surface area contributed by atoms with Crippen molar-refractivity contribution in [1.82, 2.24) is 20.8 Å². The number of aromatic nitrogens is 2. The quantitative estimate of drug-likeness (QED) is 0.563. The van der Waals surface area contributed by atoms with Crippen LogP contribution in [-0.4, -0.2) is 43.4 Å². The molecule has 8 nitrogen and oxygen atoms in total. The first kappa shape index (κ1) is 22.8. The Hall–Kier alpha value is -3.39. The molecule has 0 aliphatic carbocycles. The summed E-state index contributed by atoms with van der Waals surface area (Å²) in [4.78, 5) is 17.8. The Morgan fingerprint density at radius 2 is 2.00 bits per heavy atom. The van der Waals surface area contributed by atoms with E-state index in [1.165, 1.54) is 0 Å². The number of nitrogens with one attached hydrogen (secondary N) is 2. The normalized spacial score (nSPS) is 13.0. The van der Waals surface area contributed by atoms with E-state index in [-0.39, 0.29) is 17.5 Å². The fourth-order valence-electron chi connectivity index (χ4n) is 4.14. The Bertz CT molecular complexity index is 1170. The molecule has 33 heavy (non-hydrogen) atoms. The van der Waals surface area contributed by atoms with Crippen LogP contribution in [0.2, 0.25) is 0 Å². The average Bonchev–Trinajstić information content (AvgIpc) is 3.28. The fourth-order valence-corrected chi connectivity index (χ4v) is 4.14. The highest BCUT2D eigenvalue weighted by atomic mass is 16.5. The van der Waals surface area contributed by atoms with Crippen LogP contribution in [0.4, 0.5) is 0 Å². The van der Waals surface area contributed by atoms with Crippen molar-refractivity contribution in [2.45, 2.75) is 39.7 Å². The zero-order valence-corrected chi connectivity index (χ0v) is 19.7.